The lowest BCUT2D eigenvalue weighted by molar-refractivity contribution is 0.996. The molecule has 4 heteroatoms. The van der Waals surface area contributed by atoms with Gasteiger partial charge in [-0.25, -0.2) is 9.97 Å². The smallest absolute Gasteiger partial charge is 0.235 e. The molecule has 0 radical (unpaired) electrons. The van der Waals surface area contributed by atoms with E-state index in [1.165, 1.54) is 59.7 Å². The normalized spacial score (nSPS) is 11.9. The van der Waals surface area contributed by atoms with Crippen LogP contribution in [0.3, 0.4) is 0 Å². The summed E-state index contributed by atoms with van der Waals surface area (Å²) in [6.45, 7) is 0. The zero-order valence-electron chi connectivity index (χ0n) is 33.6. The van der Waals surface area contributed by atoms with Gasteiger partial charge < -0.3 is 4.57 Å². The Kier molecular flexibility index (Phi) is 7.57. The average Bonchev–Trinajstić information content (AvgIpc) is 3.85. The van der Waals surface area contributed by atoms with Crippen LogP contribution in [0.25, 0.3) is 121 Å². The Morgan fingerprint density at radius 3 is 1.21 bits per heavy atom. The van der Waals surface area contributed by atoms with E-state index < -0.39 is 0 Å². The number of benzene rings is 10. The van der Waals surface area contributed by atoms with Crippen molar-refractivity contribution in [3.8, 4) is 45.3 Å². The number of aromatic nitrogens is 4. The van der Waals surface area contributed by atoms with Gasteiger partial charge >= 0.3 is 0 Å². The summed E-state index contributed by atoms with van der Waals surface area (Å²) in [4.78, 5) is 10.8. The molecule has 3 heterocycles. The molecule has 13 rings (SSSR count). The van der Waals surface area contributed by atoms with Gasteiger partial charge in [0.2, 0.25) is 5.95 Å². The summed E-state index contributed by atoms with van der Waals surface area (Å²) in [6, 6.07) is 78.8. The maximum absolute atomic E-state index is 5.38. The van der Waals surface area contributed by atoms with E-state index in [9.17, 15) is 0 Å². The van der Waals surface area contributed by atoms with Crippen molar-refractivity contribution in [3.05, 3.63) is 218 Å². The summed E-state index contributed by atoms with van der Waals surface area (Å²) in [6.07, 6.45) is 0. The SMILES string of the molecule is c1ccc2cc(-c3cc(-c4ccc5ccccc5c4)nc(-n4c5ccccc5c5cc(-c6ccc7c(c6)c6ccccc6n7-c6ccc7ccccc7c6)ccc54)n3)ccc2c1. The Bertz CT molecular complexity index is 3850. The summed E-state index contributed by atoms with van der Waals surface area (Å²) in [5.74, 6) is 0.640. The fraction of sp³-hybridized carbons (Fsp3) is 0. The van der Waals surface area contributed by atoms with Gasteiger partial charge in [0.1, 0.15) is 0 Å². The molecule has 0 aliphatic rings. The first-order valence-corrected chi connectivity index (χ1v) is 21.1. The van der Waals surface area contributed by atoms with Crippen molar-refractivity contribution < 1.29 is 0 Å². The highest BCUT2D eigenvalue weighted by molar-refractivity contribution is 6.13. The van der Waals surface area contributed by atoms with Gasteiger partial charge in [-0.1, -0.05) is 152 Å². The first-order chi connectivity index (χ1) is 30.7. The van der Waals surface area contributed by atoms with Gasteiger partial charge in [0, 0.05) is 38.4 Å². The van der Waals surface area contributed by atoms with E-state index in [1.54, 1.807) is 0 Å². The van der Waals surface area contributed by atoms with Crippen molar-refractivity contribution in [2.45, 2.75) is 0 Å². The first kappa shape index (κ1) is 34.5. The lowest BCUT2D eigenvalue weighted by Crippen LogP contribution is -2.04. The average molecular weight is 789 g/mol. The van der Waals surface area contributed by atoms with Crippen LogP contribution in [-0.2, 0) is 0 Å². The number of hydrogen-bond acceptors (Lipinski definition) is 2. The number of nitrogens with zero attached hydrogens (tertiary/aromatic N) is 4. The fourth-order valence-electron chi connectivity index (χ4n) is 9.64. The molecular formula is C58H36N4. The molecule has 4 nitrogen and oxygen atoms in total. The van der Waals surface area contributed by atoms with Crippen LogP contribution in [0.5, 0.6) is 0 Å². The molecule has 10 aromatic carbocycles. The summed E-state index contributed by atoms with van der Waals surface area (Å²) in [7, 11) is 0. The van der Waals surface area contributed by atoms with Crippen molar-refractivity contribution in [2.75, 3.05) is 0 Å². The first-order valence-electron chi connectivity index (χ1n) is 21.1. The van der Waals surface area contributed by atoms with Crippen molar-refractivity contribution >= 4 is 75.9 Å². The molecule has 0 saturated carbocycles. The number of para-hydroxylation sites is 2. The minimum atomic E-state index is 0.640. The summed E-state index contributed by atoms with van der Waals surface area (Å²) >= 11 is 0. The summed E-state index contributed by atoms with van der Waals surface area (Å²) in [5.41, 5.74) is 11.9. The number of hydrogen-bond donors (Lipinski definition) is 0. The largest absolute Gasteiger partial charge is 0.309 e. The summed E-state index contributed by atoms with van der Waals surface area (Å²) < 4.78 is 4.64. The van der Waals surface area contributed by atoms with E-state index in [0.29, 0.717) is 5.95 Å². The Hall–Kier alpha value is -8.34. The van der Waals surface area contributed by atoms with Gasteiger partial charge in [-0.2, -0.15) is 0 Å². The van der Waals surface area contributed by atoms with Crippen LogP contribution in [0, 0.1) is 0 Å². The van der Waals surface area contributed by atoms with Crippen molar-refractivity contribution in [3.63, 3.8) is 0 Å². The Balaban J connectivity index is 0.988. The molecule has 0 aliphatic carbocycles. The third-order valence-corrected chi connectivity index (χ3v) is 12.7. The molecule has 0 spiro atoms. The molecule has 0 atom stereocenters. The highest BCUT2D eigenvalue weighted by atomic mass is 15.2. The second-order valence-corrected chi connectivity index (χ2v) is 16.3. The van der Waals surface area contributed by atoms with Gasteiger partial charge in [-0.15, -0.1) is 0 Å². The lowest BCUT2D eigenvalue weighted by atomic mass is 10.0. The van der Waals surface area contributed by atoms with Gasteiger partial charge in [0.05, 0.1) is 33.5 Å². The Morgan fingerprint density at radius 1 is 0.258 bits per heavy atom. The molecule has 3 aromatic heterocycles. The molecule has 0 aliphatic heterocycles. The molecule has 0 fully saturated rings. The predicted molar refractivity (Wildman–Crippen MR) is 260 cm³/mol. The van der Waals surface area contributed by atoms with Crippen LogP contribution in [-0.4, -0.2) is 19.1 Å². The van der Waals surface area contributed by atoms with E-state index in [0.717, 1.165) is 55.6 Å². The molecular weight excluding hydrogens is 753 g/mol. The van der Waals surface area contributed by atoms with Gasteiger partial charge in [0.15, 0.2) is 0 Å². The molecule has 0 saturated heterocycles. The molecule has 0 bridgehead atoms. The topological polar surface area (TPSA) is 35.6 Å². The second kappa shape index (κ2) is 13.6. The van der Waals surface area contributed by atoms with E-state index in [1.807, 2.05) is 0 Å². The summed E-state index contributed by atoms with van der Waals surface area (Å²) in [5, 5.41) is 12.0. The zero-order valence-corrected chi connectivity index (χ0v) is 33.6. The minimum absolute atomic E-state index is 0.640. The van der Waals surface area contributed by atoms with Gasteiger partial charge in [-0.3, -0.25) is 4.57 Å². The highest BCUT2D eigenvalue weighted by Crippen LogP contribution is 2.39. The Labute approximate surface area is 357 Å². The predicted octanol–water partition coefficient (Wildman–Crippen LogP) is 15.1. The van der Waals surface area contributed by atoms with Crippen molar-refractivity contribution in [1.82, 2.24) is 19.1 Å². The fourth-order valence-corrected chi connectivity index (χ4v) is 9.64. The third-order valence-electron chi connectivity index (χ3n) is 12.7. The van der Waals surface area contributed by atoms with Crippen LogP contribution >= 0.6 is 0 Å². The molecule has 0 N–H and O–H groups in total. The molecule has 62 heavy (non-hydrogen) atoms. The molecule has 288 valence electrons. The van der Waals surface area contributed by atoms with E-state index in [4.69, 9.17) is 9.97 Å². The van der Waals surface area contributed by atoms with Crippen molar-refractivity contribution in [1.29, 1.82) is 0 Å². The quantitative estimate of drug-likeness (QED) is 0.174. The van der Waals surface area contributed by atoms with Crippen LogP contribution < -0.4 is 0 Å². The van der Waals surface area contributed by atoms with Gasteiger partial charge in [-0.05, 0) is 110 Å². The second-order valence-electron chi connectivity index (χ2n) is 16.3. The van der Waals surface area contributed by atoms with Crippen LogP contribution in [0.1, 0.15) is 0 Å². The van der Waals surface area contributed by atoms with Crippen LogP contribution in [0.2, 0.25) is 0 Å². The van der Waals surface area contributed by atoms with E-state index >= 15 is 0 Å². The zero-order chi connectivity index (χ0) is 40.7. The standard InChI is InChI=1S/C58H36N4/c1-4-14-40-31-45(23-21-37(40)11-1)52-36-53(46-24-22-38-12-2-5-15-41(38)32-46)60-58(59-52)62-55-20-10-8-18-49(55)51-35-44(27-30-57(51)62)43-26-29-56-50(34-43)48-17-7-9-19-54(48)61(56)47-28-25-39-13-3-6-16-42(39)33-47/h1-36H. The monoisotopic (exact) mass is 788 g/mol. The maximum atomic E-state index is 5.38. The van der Waals surface area contributed by atoms with Crippen molar-refractivity contribution in [2.24, 2.45) is 0 Å². The van der Waals surface area contributed by atoms with Gasteiger partial charge in [0.25, 0.3) is 0 Å². The number of fused-ring (bicyclic) bond motifs is 9. The molecule has 0 amide bonds. The third kappa shape index (κ3) is 5.47. The van der Waals surface area contributed by atoms with E-state index in [2.05, 4.69) is 228 Å². The van der Waals surface area contributed by atoms with E-state index in [-0.39, 0.29) is 0 Å². The maximum Gasteiger partial charge on any atom is 0.235 e. The lowest BCUT2D eigenvalue weighted by Gasteiger charge is -2.13. The molecule has 0 unspecified atom stereocenters. The Morgan fingerprint density at radius 2 is 0.661 bits per heavy atom. The highest BCUT2D eigenvalue weighted by Gasteiger charge is 2.19. The van der Waals surface area contributed by atoms with Crippen LogP contribution in [0.4, 0.5) is 0 Å². The minimum Gasteiger partial charge on any atom is -0.309 e. The van der Waals surface area contributed by atoms with Crippen LogP contribution in [0.15, 0.2) is 218 Å². The number of rotatable bonds is 5. The molecule has 13 aromatic rings.